The van der Waals surface area contributed by atoms with Gasteiger partial charge in [-0.2, -0.15) is 0 Å². The predicted octanol–water partition coefficient (Wildman–Crippen LogP) is 1.31. The molecule has 7 heteroatoms. The fraction of sp³-hybridized carbons (Fsp3) is 0.429. The van der Waals surface area contributed by atoms with Gasteiger partial charge in [-0.15, -0.1) is 0 Å². The molecule has 0 bridgehead atoms. The lowest BCUT2D eigenvalue weighted by molar-refractivity contribution is -0.149. The standard InChI is InChI=1S/C14H15ClFNO4/c1-7-13(4-5-18,14(7,11(17)19)12(20)21)8-2-3-10(16)9(15)6-8/h2-3,6-7,18H,4-5H2,1H3,(H2,17,19)(H,20,21). The minimum Gasteiger partial charge on any atom is -0.480 e. The van der Waals surface area contributed by atoms with Crippen LogP contribution in [0.3, 0.4) is 0 Å². The molecule has 1 aromatic rings. The van der Waals surface area contributed by atoms with Gasteiger partial charge in [0.1, 0.15) is 5.82 Å². The van der Waals surface area contributed by atoms with Crippen LogP contribution in [-0.2, 0) is 15.0 Å². The van der Waals surface area contributed by atoms with Gasteiger partial charge >= 0.3 is 5.97 Å². The number of rotatable bonds is 5. The topological polar surface area (TPSA) is 101 Å². The van der Waals surface area contributed by atoms with Crippen molar-refractivity contribution in [1.82, 2.24) is 0 Å². The number of halogens is 2. The van der Waals surface area contributed by atoms with Crippen molar-refractivity contribution in [3.8, 4) is 0 Å². The lowest BCUT2D eigenvalue weighted by atomic mass is 9.82. The Morgan fingerprint density at radius 3 is 2.48 bits per heavy atom. The summed E-state index contributed by atoms with van der Waals surface area (Å²) in [5, 5.41) is 18.6. The van der Waals surface area contributed by atoms with Crippen LogP contribution in [0.5, 0.6) is 0 Å². The van der Waals surface area contributed by atoms with Crippen LogP contribution < -0.4 is 5.73 Å². The number of aliphatic carboxylic acids is 1. The van der Waals surface area contributed by atoms with E-state index in [9.17, 15) is 24.2 Å². The molecule has 1 aliphatic carbocycles. The molecule has 1 fully saturated rings. The van der Waals surface area contributed by atoms with Crippen molar-refractivity contribution >= 4 is 23.5 Å². The first-order chi connectivity index (χ1) is 9.76. The van der Waals surface area contributed by atoms with Crippen LogP contribution in [0.15, 0.2) is 18.2 Å². The molecule has 21 heavy (non-hydrogen) atoms. The van der Waals surface area contributed by atoms with Gasteiger partial charge in [0, 0.05) is 12.0 Å². The first-order valence-corrected chi connectivity index (χ1v) is 6.74. The molecule has 5 nitrogen and oxygen atoms in total. The van der Waals surface area contributed by atoms with Gasteiger partial charge in [0.2, 0.25) is 5.91 Å². The molecule has 3 atom stereocenters. The molecule has 1 aromatic carbocycles. The van der Waals surface area contributed by atoms with Gasteiger partial charge < -0.3 is 15.9 Å². The van der Waals surface area contributed by atoms with Gasteiger partial charge in [-0.1, -0.05) is 24.6 Å². The molecule has 0 aliphatic heterocycles. The Bertz CT molecular complexity index is 607. The molecule has 1 amide bonds. The molecule has 0 spiro atoms. The number of amides is 1. The molecule has 1 aliphatic rings. The lowest BCUT2D eigenvalue weighted by Gasteiger charge is -2.21. The van der Waals surface area contributed by atoms with Gasteiger partial charge in [0.25, 0.3) is 0 Å². The summed E-state index contributed by atoms with van der Waals surface area (Å²) >= 11 is 5.75. The van der Waals surface area contributed by atoms with Crippen LogP contribution in [0.25, 0.3) is 0 Å². The van der Waals surface area contributed by atoms with Crippen molar-refractivity contribution in [2.45, 2.75) is 18.8 Å². The highest BCUT2D eigenvalue weighted by Gasteiger charge is 2.82. The average Bonchev–Trinajstić information content (AvgIpc) is 2.95. The maximum Gasteiger partial charge on any atom is 0.320 e. The van der Waals surface area contributed by atoms with Crippen LogP contribution >= 0.6 is 11.6 Å². The number of primary amides is 1. The number of nitrogens with two attached hydrogens (primary N) is 1. The van der Waals surface area contributed by atoms with E-state index in [0.29, 0.717) is 5.56 Å². The van der Waals surface area contributed by atoms with Gasteiger partial charge in [-0.05, 0) is 30.0 Å². The number of benzene rings is 1. The van der Waals surface area contributed by atoms with E-state index in [0.717, 1.165) is 6.07 Å². The van der Waals surface area contributed by atoms with Gasteiger partial charge in [-0.3, -0.25) is 9.59 Å². The first kappa shape index (κ1) is 15.7. The Hall–Kier alpha value is -1.66. The molecule has 1 saturated carbocycles. The number of hydrogen-bond acceptors (Lipinski definition) is 3. The third-order valence-electron chi connectivity index (χ3n) is 4.68. The third-order valence-corrected chi connectivity index (χ3v) is 4.97. The SMILES string of the molecule is CC1C(C(N)=O)(C(=O)O)C1(CCO)c1ccc(F)c(Cl)c1. The van der Waals surface area contributed by atoms with Crippen LogP contribution in [0, 0.1) is 17.2 Å². The van der Waals surface area contributed by atoms with E-state index in [1.807, 2.05) is 0 Å². The Morgan fingerprint density at radius 2 is 2.10 bits per heavy atom. The summed E-state index contributed by atoms with van der Waals surface area (Å²) in [5.74, 6) is -3.60. The summed E-state index contributed by atoms with van der Waals surface area (Å²) in [6.07, 6.45) is 0.0192. The summed E-state index contributed by atoms with van der Waals surface area (Å²) < 4.78 is 13.3. The molecular weight excluding hydrogens is 301 g/mol. The molecule has 114 valence electrons. The van der Waals surface area contributed by atoms with E-state index in [1.54, 1.807) is 6.92 Å². The number of aliphatic hydroxyl groups excluding tert-OH is 1. The molecule has 2 rings (SSSR count). The summed E-state index contributed by atoms with van der Waals surface area (Å²) in [6.45, 7) is 1.24. The average molecular weight is 316 g/mol. The van der Waals surface area contributed by atoms with Gasteiger partial charge in [-0.25, -0.2) is 4.39 Å². The summed E-state index contributed by atoms with van der Waals surface area (Å²) in [5.41, 5.74) is 2.71. The smallest absolute Gasteiger partial charge is 0.320 e. The summed E-state index contributed by atoms with van der Waals surface area (Å²) in [6, 6.07) is 3.77. The Labute approximate surface area is 125 Å². The highest BCUT2D eigenvalue weighted by atomic mass is 35.5. The van der Waals surface area contributed by atoms with Crippen LogP contribution in [0.4, 0.5) is 4.39 Å². The van der Waals surface area contributed by atoms with E-state index < -0.39 is 34.4 Å². The van der Waals surface area contributed by atoms with Crippen LogP contribution in [-0.4, -0.2) is 28.7 Å². The summed E-state index contributed by atoms with van der Waals surface area (Å²) in [7, 11) is 0. The van der Waals surface area contributed by atoms with E-state index in [2.05, 4.69) is 0 Å². The summed E-state index contributed by atoms with van der Waals surface area (Å²) in [4.78, 5) is 23.5. The maximum atomic E-state index is 13.3. The quantitative estimate of drug-likeness (QED) is 0.713. The Morgan fingerprint density at radius 1 is 1.48 bits per heavy atom. The van der Waals surface area contributed by atoms with Crippen molar-refractivity contribution in [2.75, 3.05) is 6.61 Å². The second-order valence-corrected chi connectivity index (χ2v) is 5.68. The monoisotopic (exact) mass is 315 g/mol. The van der Waals surface area contributed by atoms with Crippen LogP contribution in [0.1, 0.15) is 18.9 Å². The molecule has 0 saturated heterocycles. The van der Waals surface area contributed by atoms with Gasteiger partial charge in [0.15, 0.2) is 5.41 Å². The second kappa shape index (κ2) is 4.96. The Kier molecular flexibility index (Phi) is 3.71. The Balaban J connectivity index is 2.65. The number of aliphatic hydroxyl groups is 1. The van der Waals surface area contributed by atoms with E-state index in [4.69, 9.17) is 17.3 Å². The number of hydrogen-bond donors (Lipinski definition) is 3. The minimum atomic E-state index is -1.82. The predicted molar refractivity (Wildman–Crippen MR) is 73.2 cm³/mol. The lowest BCUT2D eigenvalue weighted by Crippen LogP contribution is -2.39. The zero-order valence-electron chi connectivity index (χ0n) is 11.3. The first-order valence-electron chi connectivity index (χ1n) is 6.36. The van der Waals surface area contributed by atoms with Crippen molar-refractivity contribution in [2.24, 2.45) is 17.1 Å². The van der Waals surface area contributed by atoms with Gasteiger partial charge in [0.05, 0.1) is 5.02 Å². The number of carbonyl (C=O) groups excluding carboxylic acids is 1. The van der Waals surface area contributed by atoms with E-state index in [1.165, 1.54) is 12.1 Å². The van der Waals surface area contributed by atoms with Crippen molar-refractivity contribution in [3.63, 3.8) is 0 Å². The fourth-order valence-electron chi connectivity index (χ4n) is 3.64. The van der Waals surface area contributed by atoms with Crippen molar-refractivity contribution in [1.29, 1.82) is 0 Å². The zero-order valence-corrected chi connectivity index (χ0v) is 12.0. The number of carbonyl (C=O) groups is 2. The normalized spacial score (nSPS) is 31.0. The van der Waals surface area contributed by atoms with E-state index in [-0.39, 0.29) is 18.1 Å². The number of carboxylic acid groups (broad SMARTS) is 1. The highest BCUT2D eigenvalue weighted by molar-refractivity contribution is 6.30. The largest absolute Gasteiger partial charge is 0.480 e. The molecular formula is C14H15ClFNO4. The molecule has 4 N–H and O–H groups in total. The van der Waals surface area contributed by atoms with Crippen molar-refractivity contribution < 1.29 is 24.2 Å². The molecule has 0 aromatic heterocycles. The highest BCUT2D eigenvalue weighted by Crippen LogP contribution is 2.71. The van der Waals surface area contributed by atoms with Crippen LogP contribution in [0.2, 0.25) is 5.02 Å². The number of carboxylic acids is 1. The fourth-order valence-corrected chi connectivity index (χ4v) is 3.82. The van der Waals surface area contributed by atoms with E-state index >= 15 is 0 Å². The second-order valence-electron chi connectivity index (χ2n) is 5.27. The van der Waals surface area contributed by atoms with Crippen molar-refractivity contribution in [3.05, 3.63) is 34.6 Å². The third kappa shape index (κ3) is 1.79. The minimum absolute atomic E-state index is 0.0192. The zero-order chi connectivity index (χ0) is 16.0. The molecule has 0 heterocycles. The molecule has 3 unspecified atom stereocenters. The molecule has 0 radical (unpaired) electrons. The maximum absolute atomic E-state index is 13.3.